The van der Waals surface area contributed by atoms with Gasteiger partial charge in [-0.25, -0.2) is 4.79 Å². The smallest absolute Gasteiger partial charge is 0.319 e. The number of amides is 2. The fourth-order valence-electron chi connectivity index (χ4n) is 2.81. The van der Waals surface area contributed by atoms with Crippen molar-refractivity contribution in [2.75, 3.05) is 11.9 Å². The Bertz CT molecular complexity index is 859. The van der Waals surface area contributed by atoms with Crippen molar-refractivity contribution < 1.29 is 14.3 Å². The summed E-state index contributed by atoms with van der Waals surface area (Å²) in [6.45, 7) is 5.59. The van der Waals surface area contributed by atoms with E-state index in [1.165, 1.54) is 0 Å². The Morgan fingerprint density at radius 2 is 1.80 bits per heavy atom. The van der Waals surface area contributed by atoms with E-state index in [1.807, 2.05) is 56.3 Å². The molecule has 0 aliphatic heterocycles. The lowest BCUT2D eigenvalue weighted by molar-refractivity contribution is 0.0388. The van der Waals surface area contributed by atoms with Crippen LogP contribution in [-0.4, -0.2) is 17.7 Å². The zero-order chi connectivity index (χ0) is 18.0. The van der Waals surface area contributed by atoms with Gasteiger partial charge in [0.2, 0.25) is 0 Å². The number of rotatable bonds is 4. The Balaban J connectivity index is 1.65. The van der Waals surface area contributed by atoms with Crippen LogP contribution in [0.1, 0.15) is 23.8 Å². The first kappa shape index (κ1) is 17.0. The second-order valence-corrected chi connectivity index (χ2v) is 6.61. The van der Waals surface area contributed by atoms with Gasteiger partial charge in [-0.1, -0.05) is 24.3 Å². The number of carbonyl (C=O) groups excluding carboxylic acids is 1. The van der Waals surface area contributed by atoms with Crippen molar-refractivity contribution in [1.82, 2.24) is 5.32 Å². The topological polar surface area (TPSA) is 74.5 Å². The molecule has 0 spiro atoms. The van der Waals surface area contributed by atoms with Gasteiger partial charge in [-0.05, 0) is 56.2 Å². The van der Waals surface area contributed by atoms with Gasteiger partial charge < -0.3 is 20.2 Å². The average molecular weight is 338 g/mol. The average Bonchev–Trinajstić information content (AvgIpc) is 2.97. The van der Waals surface area contributed by atoms with Gasteiger partial charge in [-0.2, -0.15) is 0 Å². The summed E-state index contributed by atoms with van der Waals surface area (Å²) in [5.41, 5.74) is 2.27. The molecule has 0 radical (unpaired) electrons. The standard InChI is InChI=1S/C20H22N2O3/c1-13-8-14(2)10-16(9-13)22-19(23)21-12-20(3,24)18-11-15-6-4-5-7-17(15)25-18/h4-11,24H,12H2,1-3H3,(H2,21,22,23). The highest BCUT2D eigenvalue weighted by atomic mass is 16.4. The van der Waals surface area contributed by atoms with Gasteiger partial charge in [0.1, 0.15) is 16.9 Å². The molecule has 130 valence electrons. The van der Waals surface area contributed by atoms with E-state index < -0.39 is 5.60 Å². The van der Waals surface area contributed by atoms with Crippen molar-refractivity contribution in [2.45, 2.75) is 26.4 Å². The summed E-state index contributed by atoms with van der Waals surface area (Å²) < 4.78 is 5.69. The molecule has 2 amide bonds. The van der Waals surface area contributed by atoms with Gasteiger partial charge in [-0.15, -0.1) is 0 Å². The second kappa shape index (κ2) is 6.61. The molecule has 0 fully saturated rings. The van der Waals surface area contributed by atoms with E-state index in [2.05, 4.69) is 10.6 Å². The third-order valence-corrected chi connectivity index (χ3v) is 4.03. The van der Waals surface area contributed by atoms with E-state index in [0.29, 0.717) is 11.3 Å². The van der Waals surface area contributed by atoms with Crippen LogP contribution in [0.5, 0.6) is 0 Å². The first-order chi connectivity index (χ1) is 11.8. The summed E-state index contributed by atoms with van der Waals surface area (Å²) in [6.07, 6.45) is 0. The molecule has 2 aromatic carbocycles. The highest BCUT2D eigenvalue weighted by molar-refractivity contribution is 5.89. The number of fused-ring (bicyclic) bond motifs is 1. The molecule has 0 aliphatic rings. The number of urea groups is 1. The third-order valence-electron chi connectivity index (χ3n) is 4.03. The van der Waals surface area contributed by atoms with Crippen LogP contribution in [0.15, 0.2) is 52.9 Å². The number of hydrogen-bond acceptors (Lipinski definition) is 3. The Morgan fingerprint density at radius 3 is 2.48 bits per heavy atom. The van der Waals surface area contributed by atoms with E-state index in [0.717, 1.165) is 22.2 Å². The van der Waals surface area contributed by atoms with Crippen molar-refractivity contribution in [3.05, 3.63) is 65.4 Å². The molecule has 5 heteroatoms. The monoisotopic (exact) mass is 338 g/mol. The minimum atomic E-state index is -1.31. The summed E-state index contributed by atoms with van der Waals surface area (Å²) in [7, 11) is 0. The van der Waals surface area contributed by atoms with Crippen LogP contribution in [0.25, 0.3) is 11.0 Å². The lowest BCUT2D eigenvalue weighted by atomic mass is 10.0. The minimum absolute atomic E-state index is 0.0312. The van der Waals surface area contributed by atoms with Crippen molar-refractivity contribution in [3.8, 4) is 0 Å². The van der Waals surface area contributed by atoms with E-state index in [4.69, 9.17) is 4.42 Å². The molecule has 0 aliphatic carbocycles. The molecular formula is C20H22N2O3. The number of aryl methyl sites for hydroxylation is 2. The zero-order valence-corrected chi connectivity index (χ0v) is 14.6. The van der Waals surface area contributed by atoms with Gasteiger partial charge in [0, 0.05) is 11.1 Å². The summed E-state index contributed by atoms with van der Waals surface area (Å²) in [6, 6.07) is 14.8. The van der Waals surface area contributed by atoms with Crippen LogP contribution in [0.3, 0.4) is 0 Å². The predicted molar refractivity (Wildman–Crippen MR) is 98.7 cm³/mol. The molecule has 1 unspecified atom stereocenters. The number of para-hydroxylation sites is 1. The largest absolute Gasteiger partial charge is 0.458 e. The van der Waals surface area contributed by atoms with Gasteiger partial charge in [0.15, 0.2) is 0 Å². The molecule has 3 N–H and O–H groups in total. The molecular weight excluding hydrogens is 316 g/mol. The molecule has 1 heterocycles. The number of carbonyl (C=O) groups is 1. The van der Waals surface area contributed by atoms with Gasteiger partial charge in [-0.3, -0.25) is 0 Å². The maximum Gasteiger partial charge on any atom is 0.319 e. The van der Waals surface area contributed by atoms with Crippen LogP contribution in [0.2, 0.25) is 0 Å². The van der Waals surface area contributed by atoms with Crippen LogP contribution in [-0.2, 0) is 5.60 Å². The fraction of sp³-hybridized carbons (Fsp3) is 0.250. The summed E-state index contributed by atoms with van der Waals surface area (Å²) in [5.74, 6) is 0.417. The molecule has 3 rings (SSSR count). The Kier molecular flexibility index (Phi) is 4.51. The Labute approximate surface area is 146 Å². The minimum Gasteiger partial charge on any atom is -0.458 e. The fourth-order valence-corrected chi connectivity index (χ4v) is 2.81. The summed E-state index contributed by atoms with van der Waals surface area (Å²) >= 11 is 0. The van der Waals surface area contributed by atoms with E-state index in [9.17, 15) is 9.90 Å². The second-order valence-electron chi connectivity index (χ2n) is 6.61. The number of benzene rings is 2. The first-order valence-electron chi connectivity index (χ1n) is 8.18. The maximum atomic E-state index is 12.1. The number of hydrogen-bond donors (Lipinski definition) is 3. The molecule has 0 saturated heterocycles. The van der Waals surface area contributed by atoms with E-state index in [1.54, 1.807) is 13.0 Å². The van der Waals surface area contributed by atoms with Gasteiger partial charge in [0.25, 0.3) is 0 Å². The first-order valence-corrected chi connectivity index (χ1v) is 8.18. The molecule has 3 aromatic rings. The van der Waals surface area contributed by atoms with Crippen molar-refractivity contribution >= 4 is 22.7 Å². The number of furan rings is 1. The highest BCUT2D eigenvalue weighted by Gasteiger charge is 2.28. The zero-order valence-electron chi connectivity index (χ0n) is 14.6. The van der Waals surface area contributed by atoms with Crippen LogP contribution < -0.4 is 10.6 Å². The maximum absolute atomic E-state index is 12.1. The SMILES string of the molecule is Cc1cc(C)cc(NC(=O)NCC(C)(O)c2cc3ccccc3o2)c1. The Morgan fingerprint density at radius 1 is 1.12 bits per heavy atom. The Hall–Kier alpha value is -2.79. The normalized spacial score (nSPS) is 13.4. The van der Waals surface area contributed by atoms with Crippen molar-refractivity contribution in [3.63, 3.8) is 0 Å². The highest BCUT2D eigenvalue weighted by Crippen LogP contribution is 2.27. The third kappa shape index (κ3) is 4.00. The molecule has 0 bridgehead atoms. The van der Waals surface area contributed by atoms with E-state index in [-0.39, 0.29) is 12.6 Å². The lowest BCUT2D eigenvalue weighted by Crippen LogP contribution is -2.40. The van der Waals surface area contributed by atoms with Crippen LogP contribution in [0.4, 0.5) is 10.5 Å². The molecule has 1 atom stereocenters. The van der Waals surface area contributed by atoms with Crippen LogP contribution >= 0.6 is 0 Å². The molecule has 1 aromatic heterocycles. The quantitative estimate of drug-likeness (QED) is 0.671. The van der Waals surface area contributed by atoms with E-state index >= 15 is 0 Å². The number of nitrogens with one attached hydrogen (secondary N) is 2. The molecule has 0 saturated carbocycles. The van der Waals surface area contributed by atoms with Gasteiger partial charge >= 0.3 is 6.03 Å². The summed E-state index contributed by atoms with van der Waals surface area (Å²) in [5, 5.41) is 17.0. The van der Waals surface area contributed by atoms with Gasteiger partial charge in [0.05, 0.1) is 6.54 Å². The van der Waals surface area contributed by atoms with Crippen LogP contribution in [0, 0.1) is 13.8 Å². The summed E-state index contributed by atoms with van der Waals surface area (Å²) in [4.78, 5) is 12.1. The number of aliphatic hydroxyl groups is 1. The van der Waals surface area contributed by atoms with Crippen molar-refractivity contribution in [2.24, 2.45) is 0 Å². The lowest BCUT2D eigenvalue weighted by Gasteiger charge is -2.21. The molecule has 25 heavy (non-hydrogen) atoms. The van der Waals surface area contributed by atoms with Crippen molar-refractivity contribution in [1.29, 1.82) is 0 Å². The predicted octanol–water partition coefficient (Wildman–Crippen LogP) is 4.08. The number of anilines is 1. The molecule has 5 nitrogen and oxygen atoms in total.